The summed E-state index contributed by atoms with van der Waals surface area (Å²) in [5.74, 6) is 1.44. The Hall–Kier alpha value is -4.37. The second kappa shape index (κ2) is 17.2. The number of carbonyl (C=O) groups is 2. The number of alkyl carbamates (subject to hydrolysis) is 2. The number of aromatic amines is 1. The zero-order chi connectivity index (χ0) is 33.9. The number of ether oxygens (including phenoxy) is 5. The average Bonchev–Trinajstić information content (AvgIpc) is 3.72. The van der Waals surface area contributed by atoms with Crippen LogP contribution in [0.1, 0.15) is 56.2 Å². The Morgan fingerprint density at radius 1 is 1.02 bits per heavy atom. The molecule has 1 saturated heterocycles. The summed E-state index contributed by atoms with van der Waals surface area (Å²) in [6.07, 6.45) is 7.89. The minimum Gasteiger partial charge on any atom is -0.493 e. The number of unbranched alkanes of at least 4 members (excludes halogenated alkanes) is 1. The van der Waals surface area contributed by atoms with Gasteiger partial charge >= 0.3 is 17.9 Å². The highest BCUT2D eigenvalue weighted by Gasteiger charge is 2.36. The number of aryl methyl sites for hydroxylation is 1. The molecule has 2 aliphatic rings. The molecule has 1 saturated carbocycles. The number of benzene rings is 1. The predicted molar refractivity (Wildman–Crippen MR) is 176 cm³/mol. The van der Waals surface area contributed by atoms with Crippen LogP contribution >= 0.6 is 0 Å². The number of hydrogen-bond acceptors (Lipinski definition) is 11. The Bertz CT molecular complexity index is 1580. The molecule has 48 heavy (non-hydrogen) atoms. The summed E-state index contributed by atoms with van der Waals surface area (Å²) in [6, 6.07) is 6.29. The number of H-pyrrole nitrogens is 1. The smallest absolute Gasteiger partial charge is 0.408 e. The normalized spacial score (nSPS) is 19.6. The van der Waals surface area contributed by atoms with Gasteiger partial charge in [-0.05, 0) is 63.1 Å². The SMILES string of the molecule is COc1ccc(CCO[C@@H]2CCCC[C@H]2N2CC[C@@H](OC(=O)NCCCCNC(=O)OCn3ncc4c(C)[nH]c(=O)nc43)C2)cc1OC. The highest BCUT2D eigenvalue weighted by atomic mass is 16.6. The van der Waals surface area contributed by atoms with Gasteiger partial charge in [0.05, 0.1) is 38.5 Å². The average molecular weight is 670 g/mol. The first-order valence-corrected chi connectivity index (χ1v) is 16.7. The summed E-state index contributed by atoms with van der Waals surface area (Å²) in [4.78, 5) is 45.1. The molecule has 2 fully saturated rings. The molecule has 15 heteroatoms. The van der Waals surface area contributed by atoms with E-state index in [0.29, 0.717) is 67.6 Å². The maximum Gasteiger partial charge on any atom is 0.408 e. The number of aromatic nitrogens is 4. The van der Waals surface area contributed by atoms with Crippen LogP contribution in [0.25, 0.3) is 11.0 Å². The van der Waals surface area contributed by atoms with E-state index in [-0.39, 0.29) is 18.9 Å². The van der Waals surface area contributed by atoms with Gasteiger partial charge in [0.2, 0.25) is 0 Å². The predicted octanol–water partition coefficient (Wildman–Crippen LogP) is 3.28. The summed E-state index contributed by atoms with van der Waals surface area (Å²) in [5.41, 5.74) is 1.63. The molecular weight excluding hydrogens is 622 g/mol. The Morgan fingerprint density at radius 3 is 2.58 bits per heavy atom. The van der Waals surface area contributed by atoms with Gasteiger partial charge in [-0.1, -0.05) is 18.9 Å². The molecule has 262 valence electrons. The zero-order valence-corrected chi connectivity index (χ0v) is 28.0. The van der Waals surface area contributed by atoms with E-state index in [1.54, 1.807) is 27.3 Å². The van der Waals surface area contributed by atoms with Crippen LogP contribution < -0.4 is 25.8 Å². The van der Waals surface area contributed by atoms with E-state index in [4.69, 9.17) is 23.7 Å². The van der Waals surface area contributed by atoms with Gasteiger partial charge in [-0.15, -0.1) is 0 Å². The third-order valence-electron chi connectivity index (χ3n) is 8.94. The van der Waals surface area contributed by atoms with Crippen molar-refractivity contribution in [1.29, 1.82) is 0 Å². The van der Waals surface area contributed by atoms with Gasteiger partial charge in [-0.2, -0.15) is 10.1 Å². The maximum atomic E-state index is 12.5. The summed E-state index contributed by atoms with van der Waals surface area (Å²) in [7, 11) is 3.27. The number of hydrogen-bond donors (Lipinski definition) is 3. The van der Waals surface area contributed by atoms with E-state index in [2.05, 4.69) is 30.6 Å². The molecule has 1 aliphatic heterocycles. The quantitative estimate of drug-likeness (QED) is 0.203. The van der Waals surface area contributed by atoms with Crippen LogP contribution in [-0.4, -0.2) is 102 Å². The van der Waals surface area contributed by atoms with Crippen LogP contribution in [0.4, 0.5) is 9.59 Å². The molecule has 1 aromatic carbocycles. The van der Waals surface area contributed by atoms with E-state index in [9.17, 15) is 14.4 Å². The molecule has 0 unspecified atom stereocenters. The van der Waals surface area contributed by atoms with Crippen molar-refractivity contribution in [3.63, 3.8) is 0 Å². The Balaban J connectivity index is 0.940. The van der Waals surface area contributed by atoms with Crippen molar-refractivity contribution < 1.29 is 33.3 Å². The molecule has 0 spiro atoms. The lowest BCUT2D eigenvalue weighted by molar-refractivity contribution is -0.0319. The van der Waals surface area contributed by atoms with Gasteiger partial charge in [-0.3, -0.25) is 4.90 Å². The third kappa shape index (κ3) is 9.37. The zero-order valence-electron chi connectivity index (χ0n) is 28.0. The number of nitrogens with one attached hydrogen (secondary N) is 3. The molecule has 15 nitrogen and oxygen atoms in total. The van der Waals surface area contributed by atoms with E-state index < -0.39 is 17.9 Å². The molecule has 0 radical (unpaired) electrons. The molecular formula is C33H47N7O8. The molecule has 3 N–H and O–H groups in total. The van der Waals surface area contributed by atoms with Crippen LogP contribution in [0.15, 0.2) is 29.2 Å². The molecule has 2 aromatic heterocycles. The van der Waals surface area contributed by atoms with Crippen LogP contribution in [-0.2, 0) is 27.4 Å². The standard InChI is InChI=1S/C33H47N7O8/c1-22-25-19-36-40(30(25)38-31(41)37-22)21-47-32(42)34-14-6-7-15-35-33(43)48-24-12-16-39(20-24)26-8-4-5-9-27(26)46-17-13-23-10-11-28(44-2)29(18-23)45-3/h10-11,18-19,24,26-27H,4-9,12-17,20-21H2,1-3H3,(H,34,42)(H,35,43)(H,37,38,41)/t24-,26-,27-/m1/s1. The summed E-state index contributed by atoms with van der Waals surface area (Å²) < 4.78 is 29.5. The van der Waals surface area contributed by atoms with Gasteiger partial charge in [-0.25, -0.2) is 19.1 Å². The summed E-state index contributed by atoms with van der Waals surface area (Å²) in [6.45, 7) is 4.60. The van der Waals surface area contributed by atoms with E-state index >= 15 is 0 Å². The lowest BCUT2D eigenvalue weighted by Crippen LogP contribution is -2.46. The number of amides is 2. The lowest BCUT2D eigenvalue weighted by Gasteiger charge is -2.37. The largest absolute Gasteiger partial charge is 0.493 e. The molecule has 1 aliphatic carbocycles. The fourth-order valence-corrected chi connectivity index (χ4v) is 6.41. The lowest BCUT2D eigenvalue weighted by atomic mass is 9.91. The Kier molecular flexibility index (Phi) is 12.5. The van der Waals surface area contributed by atoms with Crippen LogP contribution in [0.2, 0.25) is 0 Å². The second-order valence-corrected chi connectivity index (χ2v) is 12.2. The topological polar surface area (TPSA) is 171 Å². The number of likely N-dealkylation sites (tertiary alicyclic amines) is 1. The number of carbonyl (C=O) groups excluding carboxylic acids is 2. The van der Waals surface area contributed by atoms with Crippen molar-refractivity contribution in [2.45, 2.75) is 83.3 Å². The van der Waals surface area contributed by atoms with Gasteiger partial charge in [0.25, 0.3) is 0 Å². The van der Waals surface area contributed by atoms with E-state index in [1.165, 1.54) is 11.1 Å². The fraction of sp³-hybridized carbons (Fsp3) is 0.606. The van der Waals surface area contributed by atoms with Gasteiger partial charge in [0, 0.05) is 37.9 Å². The van der Waals surface area contributed by atoms with Crippen molar-refractivity contribution >= 4 is 23.2 Å². The maximum absolute atomic E-state index is 12.5. The van der Waals surface area contributed by atoms with Crippen LogP contribution in [0, 0.1) is 6.92 Å². The van der Waals surface area contributed by atoms with Gasteiger partial charge < -0.3 is 39.3 Å². The van der Waals surface area contributed by atoms with Crippen LogP contribution in [0.3, 0.4) is 0 Å². The molecule has 3 heterocycles. The second-order valence-electron chi connectivity index (χ2n) is 12.2. The van der Waals surface area contributed by atoms with Crippen molar-refractivity contribution in [3.8, 4) is 11.5 Å². The van der Waals surface area contributed by atoms with Gasteiger partial charge in [0.15, 0.2) is 23.9 Å². The summed E-state index contributed by atoms with van der Waals surface area (Å²) in [5, 5.41) is 10.3. The number of nitrogens with zero attached hydrogens (tertiary/aromatic N) is 4. The molecule has 0 bridgehead atoms. The highest BCUT2D eigenvalue weighted by Crippen LogP contribution is 2.30. The number of rotatable bonds is 15. The van der Waals surface area contributed by atoms with Crippen molar-refractivity contribution in [2.24, 2.45) is 0 Å². The number of methoxy groups -OCH3 is 2. The Labute approximate surface area is 279 Å². The number of fused-ring (bicyclic) bond motifs is 1. The first-order valence-electron chi connectivity index (χ1n) is 16.7. The minimum absolute atomic E-state index is 0.153. The molecule has 2 amide bonds. The fourth-order valence-electron chi connectivity index (χ4n) is 6.41. The molecule has 3 atom stereocenters. The van der Waals surface area contributed by atoms with Gasteiger partial charge in [0.1, 0.15) is 6.10 Å². The van der Waals surface area contributed by atoms with Crippen molar-refractivity contribution in [3.05, 3.63) is 46.1 Å². The van der Waals surface area contributed by atoms with E-state index in [0.717, 1.165) is 50.0 Å². The monoisotopic (exact) mass is 669 g/mol. The third-order valence-corrected chi connectivity index (χ3v) is 8.94. The molecule has 3 aromatic rings. The summed E-state index contributed by atoms with van der Waals surface area (Å²) >= 11 is 0. The first kappa shape index (κ1) is 35.0. The minimum atomic E-state index is -0.609. The van der Waals surface area contributed by atoms with E-state index in [1.807, 2.05) is 18.2 Å². The highest BCUT2D eigenvalue weighted by molar-refractivity contribution is 5.76. The Morgan fingerprint density at radius 2 is 1.79 bits per heavy atom. The molecule has 5 rings (SSSR count). The van der Waals surface area contributed by atoms with Crippen molar-refractivity contribution in [2.75, 3.05) is 47.0 Å². The van der Waals surface area contributed by atoms with Crippen LogP contribution in [0.5, 0.6) is 11.5 Å². The van der Waals surface area contributed by atoms with Crippen molar-refractivity contribution in [1.82, 2.24) is 35.3 Å². The first-order chi connectivity index (χ1) is 23.3.